The minimum Gasteiger partial charge on any atom is -0.491 e. The summed E-state index contributed by atoms with van der Waals surface area (Å²) in [6.07, 6.45) is 8.63. The van der Waals surface area contributed by atoms with Gasteiger partial charge < -0.3 is 14.6 Å². The number of rotatable bonds is 11. The largest absolute Gasteiger partial charge is 0.491 e. The molecule has 0 radical (unpaired) electrons. The Bertz CT molecular complexity index is 1140. The maximum Gasteiger partial charge on any atom is 0.138 e. The lowest BCUT2D eigenvalue weighted by Crippen LogP contribution is -2.27. The van der Waals surface area contributed by atoms with E-state index in [1.54, 1.807) is 6.20 Å². The van der Waals surface area contributed by atoms with Crippen LogP contribution in [0.5, 0.6) is 5.75 Å². The number of aryl methyl sites for hydroxylation is 3. The maximum absolute atomic E-state index is 5.98. The molecule has 33 heavy (non-hydrogen) atoms. The van der Waals surface area contributed by atoms with Crippen molar-refractivity contribution in [2.75, 3.05) is 26.2 Å². The van der Waals surface area contributed by atoms with E-state index in [4.69, 9.17) is 9.72 Å². The fourth-order valence-corrected chi connectivity index (χ4v) is 4.05. The third kappa shape index (κ3) is 6.20. The van der Waals surface area contributed by atoms with Crippen LogP contribution in [0.2, 0.25) is 0 Å². The average molecular weight is 443 g/mol. The van der Waals surface area contributed by atoms with E-state index in [9.17, 15) is 0 Å². The van der Waals surface area contributed by atoms with Crippen LogP contribution in [0.3, 0.4) is 0 Å². The Morgan fingerprint density at radius 3 is 2.42 bits per heavy atom. The van der Waals surface area contributed by atoms with Crippen LogP contribution < -0.4 is 4.74 Å². The number of aromatic amines is 1. The van der Waals surface area contributed by atoms with Crippen LogP contribution in [0.15, 0.2) is 61.1 Å². The van der Waals surface area contributed by atoms with Gasteiger partial charge in [-0.15, -0.1) is 0 Å². The van der Waals surface area contributed by atoms with Crippen LogP contribution in [0, 0.1) is 6.92 Å². The van der Waals surface area contributed by atoms with E-state index in [2.05, 4.69) is 78.1 Å². The van der Waals surface area contributed by atoms with E-state index in [0.717, 1.165) is 61.4 Å². The van der Waals surface area contributed by atoms with Crippen molar-refractivity contribution in [2.45, 2.75) is 40.0 Å². The summed E-state index contributed by atoms with van der Waals surface area (Å²) in [7, 11) is 0. The van der Waals surface area contributed by atoms with Gasteiger partial charge in [-0.1, -0.05) is 49.7 Å². The summed E-state index contributed by atoms with van der Waals surface area (Å²) in [5.41, 5.74) is 7.08. The molecule has 4 aromatic rings. The lowest BCUT2D eigenvalue weighted by molar-refractivity contribution is 0.222. The van der Waals surface area contributed by atoms with Gasteiger partial charge in [-0.3, -0.25) is 4.98 Å². The summed E-state index contributed by atoms with van der Waals surface area (Å²) in [4.78, 5) is 14.9. The van der Waals surface area contributed by atoms with Gasteiger partial charge in [0, 0.05) is 36.4 Å². The first kappa shape index (κ1) is 23.0. The number of likely N-dealkylation sites (N-methyl/N-ethyl adjacent to an activating group) is 1. The molecule has 0 amide bonds. The van der Waals surface area contributed by atoms with Crippen molar-refractivity contribution >= 4 is 11.0 Å². The number of H-pyrrole nitrogens is 1. The number of nitrogens with one attached hydrogen (secondary N) is 1. The van der Waals surface area contributed by atoms with E-state index in [1.165, 1.54) is 22.3 Å². The molecule has 1 aromatic carbocycles. The molecule has 0 spiro atoms. The summed E-state index contributed by atoms with van der Waals surface area (Å²) >= 11 is 0. The molecule has 172 valence electrons. The minimum absolute atomic E-state index is 0.669. The van der Waals surface area contributed by atoms with Gasteiger partial charge in [-0.25, -0.2) is 4.98 Å². The average Bonchev–Trinajstić information content (AvgIpc) is 3.24. The van der Waals surface area contributed by atoms with Gasteiger partial charge in [0.2, 0.25) is 0 Å². The lowest BCUT2D eigenvalue weighted by atomic mass is 10.0. The number of pyridine rings is 2. The molecule has 0 saturated carbocycles. The first-order valence-electron chi connectivity index (χ1n) is 11.9. The third-order valence-corrected chi connectivity index (χ3v) is 6.23. The Labute approximate surface area is 196 Å². The molecular weight excluding hydrogens is 408 g/mol. The number of aromatic nitrogens is 3. The molecule has 0 aliphatic carbocycles. The first-order chi connectivity index (χ1) is 16.1. The molecule has 5 nitrogen and oxygen atoms in total. The zero-order valence-corrected chi connectivity index (χ0v) is 20.0. The van der Waals surface area contributed by atoms with Crippen molar-refractivity contribution in [3.05, 3.63) is 89.0 Å². The summed E-state index contributed by atoms with van der Waals surface area (Å²) in [5.74, 6) is 0.820. The second kappa shape index (κ2) is 11.1. The monoisotopic (exact) mass is 442 g/mol. The van der Waals surface area contributed by atoms with Crippen molar-refractivity contribution in [2.24, 2.45) is 0 Å². The van der Waals surface area contributed by atoms with E-state index < -0.39 is 0 Å². The number of hydrogen-bond acceptors (Lipinski definition) is 4. The fraction of sp³-hybridized carbons (Fsp3) is 0.357. The van der Waals surface area contributed by atoms with E-state index in [0.29, 0.717) is 6.61 Å². The van der Waals surface area contributed by atoms with E-state index in [-0.39, 0.29) is 0 Å². The molecule has 3 heterocycles. The summed E-state index contributed by atoms with van der Waals surface area (Å²) in [6.45, 7) is 10.1. The summed E-state index contributed by atoms with van der Waals surface area (Å²) in [6, 6.07) is 15.2. The highest BCUT2D eigenvalue weighted by molar-refractivity contribution is 5.81. The molecule has 0 bridgehead atoms. The highest BCUT2D eigenvalue weighted by atomic mass is 16.5. The predicted octanol–water partition coefficient (Wildman–Crippen LogP) is 5.36. The van der Waals surface area contributed by atoms with Gasteiger partial charge in [0.25, 0.3) is 0 Å². The molecule has 3 aromatic heterocycles. The highest BCUT2D eigenvalue weighted by Crippen LogP contribution is 2.24. The van der Waals surface area contributed by atoms with Gasteiger partial charge in [0.05, 0.1) is 6.20 Å². The van der Waals surface area contributed by atoms with Gasteiger partial charge in [0.1, 0.15) is 18.0 Å². The molecule has 0 saturated heterocycles. The quantitative estimate of drug-likeness (QED) is 0.340. The Morgan fingerprint density at radius 1 is 0.909 bits per heavy atom. The Morgan fingerprint density at radius 2 is 1.70 bits per heavy atom. The van der Waals surface area contributed by atoms with Crippen LogP contribution in [0.4, 0.5) is 0 Å². The number of nitrogens with zero attached hydrogens (tertiary/aromatic N) is 3. The Hall–Kier alpha value is -3.18. The molecule has 0 atom stereocenters. The molecule has 1 N–H and O–H groups in total. The normalized spacial score (nSPS) is 11.4. The Kier molecular flexibility index (Phi) is 7.74. The molecule has 0 unspecified atom stereocenters. The van der Waals surface area contributed by atoms with Crippen molar-refractivity contribution < 1.29 is 4.74 Å². The molecule has 0 aliphatic heterocycles. The zero-order valence-electron chi connectivity index (χ0n) is 20.0. The standard InChI is InChI=1S/C28H34N4O/c1-4-32(5-2)14-15-33-26-17-27-24(19-30-28(27)31-20-26)16-23-11-13-25(29-18-23)12-10-22-8-6-21(3)7-9-22/h6-9,11,13,17-20H,4-5,10,12,14-16H2,1-3H3,(H,30,31). The molecule has 5 heteroatoms. The van der Waals surface area contributed by atoms with Gasteiger partial charge >= 0.3 is 0 Å². The fourth-order valence-electron chi connectivity index (χ4n) is 4.05. The molecular formula is C28H34N4O. The molecule has 4 rings (SSSR count). The SMILES string of the molecule is CCN(CC)CCOc1cnc2[nH]cc(Cc3ccc(CCc4ccc(C)cc4)nc3)c2c1. The van der Waals surface area contributed by atoms with E-state index >= 15 is 0 Å². The van der Waals surface area contributed by atoms with Gasteiger partial charge in [-0.2, -0.15) is 0 Å². The van der Waals surface area contributed by atoms with Crippen LogP contribution in [-0.4, -0.2) is 46.1 Å². The number of benzene rings is 1. The summed E-state index contributed by atoms with van der Waals surface area (Å²) in [5, 5.41) is 1.11. The van der Waals surface area contributed by atoms with Crippen LogP contribution in [-0.2, 0) is 19.3 Å². The molecule has 0 fully saturated rings. The highest BCUT2D eigenvalue weighted by Gasteiger charge is 2.09. The van der Waals surface area contributed by atoms with Crippen molar-refractivity contribution in [1.82, 2.24) is 19.9 Å². The third-order valence-electron chi connectivity index (χ3n) is 6.23. The summed E-state index contributed by atoms with van der Waals surface area (Å²) < 4.78 is 5.98. The maximum atomic E-state index is 5.98. The second-order valence-corrected chi connectivity index (χ2v) is 8.58. The predicted molar refractivity (Wildman–Crippen MR) is 135 cm³/mol. The topological polar surface area (TPSA) is 54.0 Å². The van der Waals surface area contributed by atoms with Crippen LogP contribution in [0.1, 0.15) is 41.8 Å². The van der Waals surface area contributed by atoms with Crippen molar-refractivity contribution in [1.29, 1.82) is 0 Å². The van der Waals surface area contributed by atoms with Crippen LogP contribution in [0.25, 0.3) is 11.0 Å². The minimum atomic E-state index is 0.669. The first-order valence-corrected chi connectivity index (χ1v) is 11.9. The number of fused-ring (bicyclic) bond motifs is 1. The van der Waals surface area contributed by atoms with Gasteiger partial charge in [-0.05, 0) is 61.7 Å². The zero-order chi connectivity index (χ0) is 23.0. The Balaban J connectivity index is 1.37. The number of hydrogen-bond donors (Lipinski definition) is 1. The van der Waals surface area contributed by atoms with E-state index in [1.807, 2.05) is 12.4 Å². The smallest absolute Gasteiger partial charge is 0.138 e. The second-order valence-electron chi connectivity index (χ2n) is 8.58. The van der Waals surface area contributed by atoms with Crippen LogP contribution >= 0.6 is 0 Å². The van der Waals surface area contributed by atoms with Gasteiger partial charge in [0.15, 0.2) is 0 Å². The number of ether oxygens (including phenoxy) is 1. The lowest BCUT2D eigenvalue weighted by Gasteiger charge is -2.17. The molecule has 0 aliphatic rings. The van der Waals surface area contributed by atoms with Crippen molar-refractivity contribution in [3.8, 4) is 5.75 Å². The van der Waals surface area contributed by atoms with Crippen molar-refractivity contribution in [3.63, 3.8) is 0 Å².